The number of hydrogen-bond acceptors (Lipinski definition) is 5. The van der Waals surface area contributed by atoms with Gasteiger partial charge < -0.3 is 14.9 Å². The Balaban J connectivity index is 3.82. The van der Waals surface area contributed by atoms with Crippen LogP contribution in [0, 0.1) is 11.3 Å². The molecule has 0 heterocycles. The number of hydrogen-bond donors (Lipinski definition) is 2. The third-order valence-electron chi connectivity index (χ3n) is 2.12. The van der Waals surface area contributed by atoms with Crippen LogP contribution in [0.15, 0.2) is 0 Å². The van der Waals surface area contributed by atoms with Crippen LogP contribution in [0.4, 0.5) is 0 Å². The number of aliphatic hydroxyl groups is 2. The molecule has 0 aliphatic rings. The molecular weight excluding hydrogens is 210 g/mol. The van der Waals surface area contributed by atoms with Crippen LogP contribution < -0.4 is 0 Å². The second-order valence-electron chi connectivity index (χ2n) is 3.67. The van der Waals surface area contributed by atoms with Crippen LogP contribution in [0.5, 0.6) is 0 Å². The van der Waals surface area contributed by atoms with Crippen molar-refractivity contribution < 1.29 is 19.7 Å². The van der Waals surface area contributed by atoms with E-state index in [0.29, 0.717) is 25.7 Å². The van der Waals surface area contributed by atoms with Crippen molar-refractivity contribution in [3.05, 3.63) is 0 Å². The summed E-state index contributed by atoms with van der Waals surface area (Å²) >= 11 is 0. The fraction of sp³-hybridized carbons (Fsp3) is 0.818. The highest BCUT2D eigenvalue weighted by Crippen LogP contribution is 2.14. The van der Waals surface area contributed by atoms with Crippen LogP contribution >= 0.6 is 0 Å². The van der Waals surface area contributed by atoms with Gasteiger partial charge in [-0.25, -0.2) is 4.79 Å². The molecule has 0 rings (SSSR count). The van der Waals surface area contributed by atoms with Gasteiger partial charge >= 0.3 is 5.97 Å². The lowest BCUT2D eigenvalue weighted by Crippen LogP contribution is -2.40. The summed E-state index contributed by atoms with van der Waals surface area (Å²) in [7, 11) is 0. The summed E-state index contributed by atoms with van der Waals surface area (Å²) in [4.78, 5) is 11.2. The van der Waals surface area contributed by atoms with E-state index in [1.165, 1.54) is 0 Å². The van der Waals surface area contributed by atoms with Gasteiger partial charge in [0.2, 0.25) is 0 Å². The second-order valence-corrected chi connectivity index (χ2v) is 3.67. The van der Waals surface area contributed by atoms with Crippen molar-refractivity contribution >= 4 is 5.97 Å². The molecule has 0 radical (unpaired) electrons. The van der Waals surface area contributed by atoms with Crippen LogP contribution in [-0.4, -0.2) is 28.6 Å². The maximum Gasteiger partial charge on any atom is 0.366 e. The molecule has 0 saturated carbocycles. The predicted octanol–water partition coefficient (Wildman–Crippen LogP) is 1.09. The van der Waals surface area contributed by atoms with E-state index in [-0.39, 0.29) is 13.0 Å². The summed E-state index contributed by atoms with van der Waals surface area (Å²) in [6, 6.07) is 1.95. The molecular formula is C11H19NO4. The van der Waals surface area contributed by atoms with Gasteiger partial charge in [0.1, 0.15) is 0 Å². The lowest BCUT2D eigenvalue weighted by Gasteiger charge is -2.19. The highest BCUT2D eigenvalue weighted by atomic mass is 16.6. The number of carbonyl (C=O) groups excluding carboxylic acids is 1. The fourth-order valence-electron chi connectivity index (χ4n) is 1.10. The van der Waals surface area contributed by atoms with Crippen molar-refractivity contribution in [3.63, 3.8) is 0 Å². The maximum atomic E-state index is 11.2. The number of nitrogens with zero attached hydrogens (tertiary/aromatic N) is 1. The van der Waals surface area contributed by atoms with Gasteiger partial charge in [-0.2, -0.15) is 5.26 Å². The molecule has 0 unspecified atom stereocenters. The zero-order valence-electron chi connectivity index (χ0n) is 9.61. The topological polar surface area (TPSA) is 90.6 Å². The van der Waals surface area contributed by atoms with Crippen molar-refractivity contribution in [2.24, 2.45) is 0 Å². The van der Waals surface area contributed by atoms with Crippen molar-refractivity contribution in [1.29, 1.82) is 5.26 Å². The van der Waals surface area contributed by atoms with Gasteiger partial charge in [0.15, 0.2) is 0 Å². The van der Waals surface area contributed by atoms with Crippen molar-refractivity contribution in [1.82, 2.24) is 0 Å². The number of nitriles is 1. The summed E-state index contributed by atoms with van der Waals surface area (Å²) in [5.74, 6) is -3.42. The number of esters is 1. The Morgan fingerprint density at radius 2 is 2.06 bits per heavy atom. The van der Waals surface area contributed by atoms with Gasteiger partial charge in [-0.3, -0.25) is 0 Å². The van der Waals surface area contributed by atoms with Gasteiger partial charge in [-0.15, -0.1) is 0 Å². The third kappa shape index (κ3) is 6.38. The molecule has 0 atom stereocenters. The molecule has 0 aromatic carbocycles. The summed E-state index contributed by atoms with van der Waals surface area (Å²) in [5.41, 5.74) is 0. The van der Waals surface area contributed by atoms with Crippen LogP contribution in [0.3, 0.4) is 0 Å². The number of unbranched alkanes of at least 4 members (excludes halogenated alkanes) is 3. The van der Waals surface area contributed by atoms with Gasteiger partial charge in [-0.1, -0.05) is 13.3 Å². The number of carbonyl (C=O) groups is 1. The Hall–Kier alpha value is -1.12. The number of ether oxygens (including phenoxy) is 1. The Morgan fingerprint density at radius 1 is 1.38 bits per heavy atom. The van der Waals surface area contributed by atoms with E-state index in [1.807, 2.05) is 13.0 Å². The molecule has 0 saturated heterocycles. The minimum absolute atomic E-state index is 0.0976. The quantitative estimate of drug-likeness (QED) is 0.369. The van der Waals surface area contributed by atoms with Crippen LogP contribution in [0.2, 0.25) is 0 Å². The molecule has 0 amide bonds. The normalized spacial score (nSPS) is 10.9. The highest BCUT2D eigenvalue weighted by Gasteiger charge is 2.34. The first kappa shape index (κ1) is 14.9. The van der Waals surface area contributed by atoms with Crippen molar-refractivity contribution in [3.8, 4) is 6.07 Å². The lowest BCUT2D eigenvalue weighted by atomic mass is 10.1. The number of rotatable bonds is 8. The molecule has 0 aromatic heterocycles. The van der Waals surface area contributed by atoms with Crippen LogP contribution in [-0.2, 0) is 9.53 Å². The summed E-state index contributed by atoms with van der Waals surface area (Å²) in [5, 5.41) is 27.0. The zero-order valence-corrected chi connectivity index (χ0v) is 9.61. The van der Waals surface area contributed by atoms with Gasteiger partial charge in [0, 0.05) is 12.8 Å². The Labute approximate surface area is 95.6 Å². The van der Waals surface area contributed by atoms with E-state index in [9.17, 15) is 15.0 Å². The van der Waals surface area contributed by atoms with E-state index < -0.39 is 11.8 Å². The van der Waals surface area contributed by atoms with E-state index in [2.05, 4.69) is 0 Å². The van der Waals surface area contributed by atoms with Gasteiger partial charge in [-0.05, 0) is 19.3 Å². The highest BCUT2D eigenvalue weighted by molar-refractivity contribution is 5.77. The molecule has 0 bridgehead atoms. The van der Waals surface area contributed by atoms with Crippen LogP contribution in [0.25, 0.3) is 0 Å². The minimum atomic E-state index is -2.41. The standard InChI is InChI=1S/C11H19NO4/c1-2-3-9-16-10(13)11(14,15)7-5-4-6-8-12/h14-15H,2-7,9H2,1H3. The first-order valence-corrected chi connectivity index (χ1v) is 5.53. The average Bonchev–Trinajstić information content (AvgIpc) is 2.24. The Morgan fingerprint density at radius 3 is 2.62 bits per heavy atom. The van der Waals surface area contributed by atoms with Gasteiger partial charge in [0.05, 0.1) is 12.7 Å². The van der Waals surface area contributed by atoms with E-state index in [1.54, 1.807) is 0 Å². The molecule has 0 aromatic rings. The van der Waals surface area contributed by atoms with Crippen molar-refractivity contribution in [2.45, 2.75) is 51.2 Å². The van der Waals surface area contributed by atoms with Crippen LogP contribution in [0.1, 0.15) is 45.4 Å². The first-order chi connectivity index (χ1) is 7.54. The van der Waals surface area contributed by atoms with E-state index >= 15 is 0 Å². The van der Waals surface area contributed by atoms with Gasteiger partial charge in [0.25, 0.3) is 5.79 Å². The molecule has 0 aliphatic carbocycles. The fourth-order valence-corrected chi connectivity index (χ4v) is 1.10. The average molecular weight is 229 g/mol. The first-order valence-electron chi connectivity index (χ1n) is 5.53. The molecule has 0 fully saturated rings. The molecule has 2 N–H and O–H groups in total. The SMILES string of the molecule is CCCCOC(=O)C(O)(O)CCCCC#N. The van der Waals surface area contributed by atoms with E-state index in [4.69, 9.17) is 10.00 Å². The summed E-state index contributed by atoms with van der Waals surface area (Å²) in [6.45, 7) is 2.15. The summed E-state index contributed by atoms with van der Waals surface area (Å²) in [6.07, 6.45) is 2.78. The third-order valence-corrected chi connectivity index (χ3v) is 2.12. The zero-order chi connectivity index (χ0) is 12.4. The minimum Gasteiger partial charge on any atom is -0.462 e. The summed E-state index contributed by atoms with van der Waals surface area (Å²) < 4.78 is 4.70. The van der Waals surface area contributed by atoms with E-state index in [0.717, 1.165) is 6.42 Å². The lowest BCUT2D eigenvalue weighted by molar-refractivity contribution is -0.211. The predicted molar refractivity (Wildman–Crippen MR) is 57.1 cm³/mol. The molecule has 92 valence electrons. The molecule has 0 aliphatic heterocycles. The largest absolute Gasteiger partial charge is 0.462 e. The Kier molecular flexibility index (Phi) is 7.52. The van der Waals surface area contributed by atoms with Crippen molar-refractivity contribution in [2.75, 3.05) is 6.61 Å². The second kappa shape index (κ2) is 8.08. The maximum absolute atomic E-state index is 11.2. The molecule has 0 spiro atoms. The Bertz CT molecular complexity index is 245. The molecule has 5 heteroatoms. The molecule has 16 heavy (non-hydrogen) atoms. The molecule has 5 nitrogen and oxygen atoms in total. The monoisotopic (exact) mass is 229 g/mol. The smallest absolute Gasteiger partial charge is 0.366 e.